The molecule has 0 atom stereocenters. The van der Waals surface area contributed by atoms with Crippen molar-refractivity contribution < 1.29 is 5.11 Å². The lowest BCUT2D eigenvalue weighted by molar-refractivity contribution is 0.286. The number of hydrogen-bond donors (Lipinski definition) is 1. The SMILES string of the molecule is CC(C)n1ncc(Cl)c1CCCO. The molecule has 3 nitrogen and oxygen atoms in total. The molecule has 4 heteroatoms. The van der Waals surface area contributed by atoms with E-state index in [4.69, 9.17) is 16.7 Å². The van der Waals surface area contributed by atoms with E-state index in [0.29, 0.717) is 11.1 Å². The highest BCUT2D eigenvalue weighted by atomic mass is 35.5. The summed E-state index contributed by atoms with van der Waals surface area (Å²) in [5, 5.41) is 13.6. The third-order valence-electron chi connectivity index (χ3n) is 1.91. The molecule has 0 aliphatic carbocycles. The first kappa shape index (κ1) is 10.5. The monoisotopic (exact) mass is 202 g/mol. The van der Waals surface area contributed by atoms with Crippen molar-refractivity contribution in [1.29, 1.82) is 0 Å². The van der Waals surface area contributed by atoms with E-state index in [2.05, 4.69) is 18.9 Å². The van der Waals surface area contributed by atoms with Gasteiger partial charge in [0.15, 0.2) is 0 Å². The second kappa shape index (κ2) is 4.63. The third kappa shape index (κ3) is 2.45. The van der Waals surface area contributed by atoms with Crippen LogP contribution in [0.2, 0.25) is 5.02 Å². The fourth-order valence-corrected chi connectivity index (χ4v) is 1.52. The van der Waals surface area contributed by atoms with E-state index < -0.39 is 0 Å². The van der Waals surface area contributed by atoms with Crippen LogP contribution in [-0.2, 0) is 6.42 Å². The smallest absolute Gasteiger partial charge is 0.0817 e. The second-order valence-electron chi connectivity index (χ2n) is 3.30. The van der Waals surface area contributed by atoms with E-state index in [1.807, 2.05) is 4.68 Å². The van der Waals surface area contributed by atoms with Crippen molar-refractivity contribution in [3.63, 3.8) is 0 Å². The van der Waals surface area contributed by atoms with Crippen molar-refractivity contribution in [2.75, 3.05) is 6.61 Å². The first-order valence-corrected chi connectivity index (χ1v) is 4.87. The lowest BCUT2D eigenvalue weighted by Crippen LogP contribution is -2.08. The Hall–Kier alpha value is -0.540. The van der Waals surface area contributed by atoms with Gasteiger partial charge in [-0.25, -0.2) is 0 Å². The Morgan fingerprint density at radius 3 is 2.85 bits per heavy atom. The van der Waals surface area contributed by atoms with Gasteiger partial charge < -0.3 is 5.11 Å². The van der Waals surface area contributed by atoms with Crippen LogP contribution in [-0.4, -0.2) is 21.5 Å². The topological polar surface area (TPSA) is 38.0 Å². The third-order valence-corrected chi connectivity index (χ3v) is 2.22. The highest BCUT2D eigenvalue weighted by molar-refractivity contribution is 6.31. The summed E-state index contributed by atoms with van der Waals surface area (Å²) in [5.41, 5.74) is 1.02. The van der Waals surface area contributed by atoms with Gasteiger partial charge in [0.1, 0.15) is 0 Å². The minimum absolute atomic E-state index is 0.194. The van der Waals surface area contributed by atoms with E-state index >= 15 is 0 Å². The molecular weight excluding hydrogens is 188 g/mol. The number of aliphatic hydroxyl groups is 1. The molecule has 0 amide bonds. The van der Waals surface area contributed by atoms with Crippen molar-refractivity contribution in [2.24, 2.45) is 0 Å². The summed E-state index contributed by atoms with van der Waals surface area (Å²) >= 11 is 5.96. The molecule has 1 aromatic rings. The first-order valence-electron chi connectivity index (χ1n) is 4.49. The normalized spacial score (nSPS) is 11.2. The van der Waals surface area contributed by atoms with Gasteiger partial charge in [-0.05, 0) is 26.7 Å². The van der Waals surface area contributed by atoms with Crippen molar-refractivity contribution in [3.8, 4) is 0 Å². The van der Waals surface area contributed by atoms with Crippen LogP contribution >= 0.6 is 11.6 Å². The Balaban J connectivity index is 2.82. The van der Waals surface area contributed by atoms with E-state index in [0.717, 1.165) is 18.5 Å². The standard InChI is InChI=1S/C9H15ClN2O/c1-7(2)12-9(4-3-5-13)8(10)6-11-12/h6-7,13H,3-5H2,1-2H3. The quantitative estimate of drug-likeness (QED) is 0.812. The molecular formula is C9H15ClN2O. The summed E-state index contributed by atoms with van der Waals surface area (Å²) in [6.45, 7) is 4.32. The zero-order chi connectivity index (χ0) is 9.84. The first-order chi connectivity index (χ1) is 6.16. The Morgan fingerprint density at radius 1 is 1.62 bits per heavy atom. The molecule has 1 aromatic heterocycles. The molecule has 0 spiro atoms. The summed E-state index contributed by atoms with van der Waals surface area (Å²) in [6, 6.07) is 0.321. The van der Waals surface area contributed by atoms with Crippen molar-refractivity contribution in [3.05, 3.63) is 16.9 Å². The number of rotatable bonds is 4. The van der Waals surface area contributed by atoms with Gasteiger partial charge in [0.25, 0.3) is 0 Å². The van der Waals surface area contributed by atoms with Gasteiger partial charge in [-0.1, -0.05) is 11.6 Å². The van der Waals surface area contributed by atoms with Gasteiger partial charge in [0, 0.05) is 12.6 Å². The van der Waals surface area contributed by atoms with Crippen molar-refractivity contribution in [2.45, 2.75) is 32.7 Å². The molecule has 0 saturated carbocycles. The summed E-state index contributed by atoms with van der Waals surface area (Å²) in [5.74, 6) is 0. The van der Waals surface area contributed by atoms with Gasteiger partial charge in [0.2, 0.25) is 0 Å². The molecule has 0 fully saturated rings. The van der Waals surface area contributed by atoms with Crippen molar-refractivity contribution in [1.82, 2.24) is 9.78 Å². The molecule has 13 heavy (non-hydrogen) atoms. The number of nitrogens with zero attached hydrogens (tertiary/aromatic N) is 2. The fraction of sp³-hybridized carbons (Fsp3) is 0.667. The van der Waals surface area contributed by atoms with E-state index in [1.54, 1.807) is 6.20 Å². The van der Waals surface area contributed by atoms with Gasteiger partial charge in [-0.2, -0.15) is 5.10 Å². The van der Waals surface area contributed by atoms with Crippen LogP contribution in [0.4, 0.5) is 0 Å². The molecule has 0 aromatic carbocycles. The van der Waals surface area contributed by atoms with Crippen LogP contribution in [0.5, 0.6) is 0 Å². The molecule has 1 heterocycles. The predicted molar refractivity (Wildman–Crippen MR) is 53.0 cm³/mol. The molecule has 0 bridgehead atoms. The van der Waals surface area contributed by atoms with Gasteiger partial charge >= 0.3 is 0 Å². The van der Waals surface area contributed by atoms with Crippen molar-refractivity contribution >= 4 is 11.6 Å². The van der Waals surface area contributed by atoms with Crippen LogP contribution in [0.3, 0.4) is 0 Å². The molecule has 74 valence electrons. The van der Waals surface area contributed by atoms with Crippen LogP contribution in [0.15, 0.2) is 6.20 Å². The summed E-state index contributed by atoms with van der Waals surface area (Å²) in [4.78, 5) is 0. The van der Waals surface area contributed by atoms with Crippen LogP contribution in [0.25, 0.3) is 0 Å². The molecule has 0 unspecified atom stereocenters. The second-order valence-corrected chi connectivity index (χ2v) is 3.71. The molecule has 0 saturated heterocycles. The summed E-state index contributed by atoms with van der Waals surface area (Å²) in [7, 11) is 0. The number of aromatic nitrogens is 2. The highest BCUT2D eigenvalue weighted by Crippen LogP contribution is 2.19. The highest BCUT2D eigenvalue weighted by Gasteiger charge is 2.10. The molecule has 0 aliphatic heterocycles. The number of aliphatic hydroxyl groups excluding tert-OH is 1. The van der Waals surface area contributed by atoms with Crippen LogP contribution < -0.4 is 0 Å². The predicted octanol–water partition coefficient (Wildman–Crippen LogP) is 2.04. The minimum Gasteiger partial charge on any atom is -0.396 e. The molecule has 1 rings (SSSR count). The Kier molecular flexibility index (Phi) is 3.75. The van der Waals surface area contributed by atoms with Gasteiger partial charge in [-0.15, -0.1) is 0 Å². The maximum absolute atomic E-state index is 8.71. The molecule has 0 radical (unpaired) electrons. The van der Waals surface area contributed by atoms with E-state index in [9.17, 15) is 0 Å². The Labute approximate surface area is 83.3 Å². The van der Waals surface area contributed by atoms with Gasteiger partial charge in [-0.3, -0.25) is 4.68 Å². The fourth-order valence-electron chi connectivity index (χ4n) is 1.29. The van der Waals surface area contributed by atoms with E-state index in [-0.39, 0.29) is 6.61 Å². The van der Waals surface area contributed by atoms with Crippen LogP contribution in [0, 0.1) is 0 Å². The van der Waals surface area contributed by atoms with E-state index in [1.165, 1.54) is 0 Å². The molecule has 0 aliphatic rings. The number of halogens is 1. The average Bonchev–Trinajstić information content (AvgIpc) is 2.43. The zero-order valence-electron chi connectivity index (χ0n) is 8.00. The summed E-state index contributed by atoms with van der Waals surface area (Å²) < 4.78 is 1.90. The lowest BCUT2D eigenvalue weighted by atomic mass is 10.2. The number of hydrogen-bond acceptors (Lipinski definition) is 2. The van der Waals surface area contributed by atoms with Crippen LogP contribution in [0.1, 0.15) is 32.0 Å². The zero-order valence-corrected chi connectivity index (χ0v) is 8.75. The lowest BCUT2D eigenvalue weighted by Gasteiger charge is -2.10. The minimum atomic E-state index is 0.194. The summed E-state index contributed by atoms with van der Waals surface area (Å²) in [6.07, 6.45) is 3.18. The maximum atomic E-state index is 8.71. The maximum Gasteiger partial charge on any atom is 0.0817 e. The largest absolute Gasteiger partial charge is 0.396 e. The average molecular weight is 203 g/mol. The Bertz CT molecular complexity index is 271. The Morgan fingerprint density at radius 2 is 2.31 bits per heavy atom. The molecule has 1 N–H and O–H groups in total. The van der Waals surface area contributed by atoms with Gasteiger partial charge in [0.05, 0.1) is 16.9 Å².